The summed E-state index contributed by atoms with van der Waals surface area (Å²) >= 11 is 0. The first-order valence-corrected chi connectivity index (χ1v) is 4.99. The van der Waals surface area contributed by atoms with Gasteiger partial charge in [-0.1, -0.05) is 0 Å². The zero-order chi connectivity index (χ0) is 11.1. The van der Waals surface area contributed by atoms with Gasteiger partial charge in [0, 0.05) is 18.7 Å². The van der Waals surface area contributed by atoms with Crippen molar-refractivity contribution in [2.75, 3.05) is 19.7 Å². The maximum absolute atomic E-state index is 11.4. The molecule has 0 spiro atoms. The van der Waals surface area contributed by atoms with Crippen LogP contribution in [0.4, 0.5) is 0 Å². The highest BCUT2D eigenvalue weighted by atomic mass is 16.5. The molecule has 0 bridgehead atoms. The van der Waals surface area contributed by atoms with E-state index in [2.05, 4.69) is 5.32 Å². The zero-order valence-corrected chi connectivity index (χ0v) is 8.82. The van der Waals surface area contributed by atoms with Gasteiger partial charge in [-0.15, -0.1) is 0 Å². The van der Waals surface area contributed by atoms with Gasteiger partial charge < -0.3 is 15.8 Å². The normalized spacial score (nSPS) is 9.73. The van der Waals surface area contributed by atoms with Crippen LogP contribution in [0.25, 0.3) is 0 Å². The number of carbonyl (C=O) groups is 1. The third kappa shape index (κ3) is 3.59. The Labute approximate surface area is 89.4 Å². The number of nitrogens with one attached hydrogen (secondary N) is 1. The van der Waals surface area contributed by atoms with Crippen molar-refractivity contribution < 1.29 is 9.53 Å². The molecule has 0 radical (unpaired) electrons. The standard InChI is InChI=1S/C11H16N2O2/c1-2-13-11(14)9-3-5-10(6-4-9)15-8-7-12/h3-6H,2,7-8,12H2,1H3,(H,13,14). The summed E-state index contributed by atoms with van der Waals surface area (Å²) in [5.74, 6) is 0.663. The number of hydrogen-bond acceptors (Lipinski definition) is 3. The molecule has 0 fully saturated rings. The fraction of sp³-hybridized carbons (Fsp3) is 0.364. The molecular formula is C11H16N2O2. The highest BCUT2D eigenvalue weighted by Crippen LogP contribution is 2.11. The maximum atomic E-state index is 11.4. The Kier molecular flexibility index (Phi) is 4.63. The Balaban J connectivity index is 2.59. The predicted octanol–water partition coefficient (Wildman–Crippen LogP) is 0.774. The molecule has 0 unspecified atom stereocenters. The molecule has 0 aliphatic heterocycles. The van der Waals surface area contributed by atoms with Gasteiger partial charge in [0.2, 0.25) is 0 Å². The van der Waals surface area contributed by atoms with E-state index in [9.17, 15) is 4.79 Å². The number of ether oxygens (including phenoxy) is 1. The van der Waals surface area contributed by atoms with Gasteiger partial charge >= 0.3 is 0 Å². The Hall–Kier alpha value is -1.55. The molecule has 4 heteroatoms. The van der Waals surface area contributed by atoms with Crippen molar-refractivity contribution in [2.24, 2.45) is 5.73 Å². The van der Waals surface area contributed by atoms with Crippen LogP contribution in [0, 0.1) is 0 Å². The third-order valence-electron chi connectivity index (χ3n) is 1.84. The van der Waals surface area contributed by atoms with Crippen LogP contribution >= 0.6 is 0 Å². The molecule has 4 nitrogen and oxygen atoms in total. The summed E-state index contributed by atoms with van der Waals surface area (Å²) in [6.45, 7) is 3.49. The lowest BCUT2D eigenvalue weighted by atomic mass is 10.2. The van der Waals surface area contributed by atoms with Crippen LogP contribution in [-0.4, -0.2) is 25.6 Å². The van der Waals surface area contributed by atoms with Gasteiger partial charge in [-0.2, -0.15) is 0 Å². The number of rotatable bonds is 5. The number of carbonyl (C=O) groups excluding carboxylic acids is 1. The first-order valence-electron chi connectivity index (χ1n) is 4.99. The predicted molar refractivity (Wildman–Crippen MR) is 59.0 cm³/mol. The molecule has 0 aliphatic carbocycles. The Bertz CT molecular complexity index is 309. The number of benzene rings is 1. The number of amides is 1. The average Bonchev–Trinajstić information content (AvgIpc) is 2.27. The molecule has 1 rings (SSSR count). The van der Waals surface area contributed by atoms with Crippen molar-refractivity contribution in [2.45, 2.75) is 6.92 Å². The minimum absolute atomic E-state index is 0.0668. The average molecular weight is 208 g/mol. The fourth-order valence-corrected chi connectivity index (χ4v) is 1.14. The highest BCUT2D eigenvalue weighted by Gasteiger charge is 2.03. The summed E-state index contributed by atoms with van der Waals surface area (Å²) in [6.07, 6.45) is 0. The Morgan fingerprint density at radius 3 is 2.60 bits per heavy atom. The van der Waals surface area contributed by atoms with Gasteiger partial charge in [0.25, 0.3) is 5.91 Å². The molecule has 0 aliphatic rings. The van der Waals surface area contributed by atoms with E-state index in [1.54, 1.807) is 24.3 Å². The number of nitrogens with two attached hydrogens (primary N) is 1. The van der Waals surface area contributed by atoms with Crippen LogP contribution in [0.2, 0.25) is 0 Å². The molecule has 1 aromatic rings. The maximum Gasteiger partial charge on any atom is 0.251 e. The molecule has 0 saturated carbocycles. The lowest BCUT2D eigenvalue weighted by Crippen LogP contribution is -2.22. The van der Waals surface area contributed by atoms with Crippen molar-refractivity contribution in [3.8, 4) is 5.75 Å². The second-order valence-electron chi connectivity index (χ2n) is 3.02. The van der Waals surface area contributed by atoms with Gasteiger partial charge in [0.1, 0.15) is 12.4 Å². The first-order chi connectivity index (χ1) is 7.27. The quantitative estimate of drug-likeness (QED) is 0.751. The summed E-state index contributed by atoms with van der Waals surface area (Å²) in [4.78, 5) is 11.4. The molecule has 0 aromatic heterocycles. The molecule has 1 amide bonds. The van der Waals surface area contributed by atoms with Crippen molar-refractivity contribution in [1.29, 1.82) is 0 Å². The summed E-state index contributed by atoms with van der Waals surface area (Å²) in [7, 11) is 0. The molecule has 3 N–H and O–H groups in total. The SMILES string of the molecule is CCNC(=O)c1ccc(OCCN)cc1. The van der Waals surface area contributed by atoms with Crippen LogP contribution < -0.4 is 15.8 Å². The van der Waals surface area contributed by atoms with E-state index in [4.69, 9.17) is 10.5 Å². The molecule has 82 valence electrons. The van der Waals surface area contributed by atoms with E-state index < -0.39 is 0 Å². The van der Waals surface area contributed by atoms with E-state index >= 15 is 0 Å². The van der Waals surface area contributed by atoms with E-state index in [1.165, 1.54) is 0 Å². The first kappa shape index (κ1) is 11.5. The molecule has 0 atom stereocenters. The van der Waals surface area contributed by atoms with Crippen LogP contribution in [0.3, 0.4) is 0 Å². The van der Waals surface area contributed by atoms with Crippen LogP contribution in [-0.2, 0) is 0 Å². The third-order valence-corrected chi connectivity index (χ3v) is 1.84. The van der Waals surface area contributed by atoms with E-state index in [1.807, 2.05) is 6.92 Å². The number of hydrogen-bond donors (Lipinski definition) is 2. The van der Waals surface area contributed by atoms with Gasteiger partial charge in [-0.05, 0) is 31.2 Å². The molecular weight excluding hydrogens is 192 g/mol. The van der Waals surface area contributed by atoms with Gasteiger partial charge in [0.15, 0.2) is 0 Å². The Morgan fingerprint density at radius 1 is 1.40 bits per heavy atom. The monoisotopic (exact) mass is 208 g/mol. The van der Waals surface area contributed by atoms with Crippen LogP contribution in [0.5, 0.6) is 5.75 Å². The lowest BCUT2D eigenvalue weighted by molar-refractivity contribution is 0.0956. The van der Waals surface area contributed by atoms with E-state index in [-0.39, 0.29) is 5.91 Å². The van der Waals surface area contributed by atoms with Crippen LogP contribution in [0.15, 0.2) is 24.3 Å². The zero-order valence-electron chi connectivity index (χ0n) is 8.82. The lowest BCUT2D eigenvalue weighted by Gasteiger charge is -2.05. The second kappa shape index (κ2) is 6.03. The smallest absolute Gasteiger partial charge is 0.251 e. The fourth-order valence-electron chi connectivity index (χ4n) is 1.14. The van der Waals surface area contributed by atoms with Crippen molar-refractivity contribution in [3.05, 3.63) is 29.8 Å². The topological polar surface area (TPSA) is 64.3 Å². The van der Waals surface area contributed by atoms with Gasteiger partial charge in [0.05, 0.1) is 0 Å². The van der Waals surface area contributed by atoms with E-state index in [0.717, 1.165) is 5.75 Å². The molecule has 0 heterocycles. The second-order valence-corrected chi connectivity index (χ2v) is 3.02. The van der Waals surface area contributed by atoms with E-state index in [0.29, 0.717) is 25.3 Å². The van der Waals surface area contributed by atoms with Crippen molar-refractivity contribution in [1.82, 2.24) is 5.32 Å². The summed E-state index contributed by atoms with van der Waals surface area (Å²) < 4.78 is 5.29. The largest absolute Gasteiger partial charge is 0.492 e. The molecule has 0 saturated heterocycles. The molecule has 1 aromatic carbocycles. The highest BCUT2D eigenvalue weighted by molar-refractivity contribution is 5.94. The minimum Gasteiger partial charge on any atom is -0.492 e. The van der Waals surface area contributed by atoms with Gasteiger partial charge in [-0.25, -0.2) is 0 Å². The summed E-state index contributed by atoms with van der Waals surface area (Å²) in [5, 5.41) is 2.72. The summed E-state index contributed by atoms with van der Waals surface area (Å²) in [5.41, 5.74) is 5.94. The van der Waals surface area contributed by atoms with Gasteiger partial charge in [-0.3, -0.25) is 4.79 Å². The van der Waals surface area contributed by atoms with Crippen LogP contribution in [0.1, 0.15) is 17.3 Å². The summed E-state index contributed by atoms with van der Waals surface area (Å²) in [6, 6.07) is 6.99. The van der Waals surface area contributed by atoms with Crippen molar-refractivity contribution in [3.63, 3.8) is 0 Å². The van der Waals surface area contributed by atoms with Crippen molar-refractivity contribution >= 4 is 5.91 Å². The molecule has 15 heavy (non-hydrogen) atoms. The Morgan fingerprint density at radius 2 is 2.07 bits per heavy atom. The minimum atomic E-state index is -0.0668.